The van der Waals surface area contributed by atoms with Crippen molar-refractivity contribution in [3.63, 3.8) is 0 Å². The molecule has 1 aliphatic rings. The molecule has 1 aromatic heterocycles. The molecule has 0 atom stereocenters. The van der Waals surface area contributed by atoms with E-state index in [0.29, 0.717) is 17.3 Å². The number of fused-ring (bicyclic) bond motifs is 1. The van der Waals surface area contributed by atoms with Crippen molar-refractivity contribution in [2.75, 3.05) is 5.73 Å². The summed E-state index contributed by atoms with van der Waals surface area (Å²) in [5.41, 5.74) is 8.69. The van der Waals surface area contributed by atoms with Crippen LogP contribution in [0.2, 0.25) is 0 Å². The Hall–Kier alpha value is -1.62. The van der Waals surface area contributed by atoms with E-state index < -0.39 is 0 Å². The van der Waals surface area contributed by atoms with Crippen molar-refractivity contribution >= 4 is 21.6 Å². The average Bonchev–Trinajstić information content (AvgIpc) is 2.43. The second kappa shape index (κ2) is 5.17. The van der Waals surface area contributed by atoms with Crippen LogP contribution in [0.25, 0.3) is 0 Å². The highest BCUT2D eigenvalue weighted by atomic mass is 79.9. The zero-order valence-electron chi connectivity index (χ0n) is 10.4. The van der Waals surface area contributed by atoms with E-state index in [9.17, 15) is 0 Å². The van der Waals surface area contributed by atoms with E-state index >= 15 is 0 Å². The molecule has 5 heteroatoms. The molecule has 0 radical (unpaired) electrons. The van der Waals surface area contributed by atoms with Crippen LogP contribution in [0.4, 0.5) is 5.69 Å². The van der Waals surface area contributed by atoms with Gasteiger partial charge in [-0.2, -0.15) is 0 Å². The number of aryl methyl sites for hydroxylation is 1. The van der Waals surface area contributed by atoms with Gasteiger partial charge in [-0.1, -0.05) is 0 Å². The maximum Gasteiger partial charge on any atom is 0.225 e. The Morgan fingerprint density at radius 2 is 2.00 bits per heavy atom. The van der Waals surface area contributed by atoms with Gasteiger partial charge in [0.05, 0.1) is 10.2 Å². The van der Waals surface area contributed by atoms with E-state index in [1.54, 1.807) is 12.4 Å². The summed E-state index contributed by atoms with van der Waals surface area (Å²) < 4.78 is 6.78. The lowest BCUT2D eigenvalue weighted by atomic mass is 9.97. The number of anilines is 1. The maximum absolute atomic E-state index is 5.91. The second-order valence-corrected chi connectivity index (χ2v) is 5.46. The molecule has 0 spiro atoms. The van der Waals surface area contributed by atoms with Crippen LogP contribution in [0.15, 0.2) is 29.0 Å². The summed E-state index contributed by atoms with van der Waals surface area (Å²) in [5, 5.41) is 0. The molecule has 1 heterocycles. The molecular formula is C14H14BrN3O. The van der Waals surface area contributed by atoms with Gasteiger partial charge in [0.25, 0.3) is 0 Å². The third-order valence-corrected chi connectivity index (χ3v) is 3.90. The minimum absolute atomic E-state index is 0.649. The Morgan fingerprint density at radius 1 is 1.16 bits per heavy atom. The number of aromatic nitrogens is 2. The minimum atomic E-state index is 0.649. The van der Waals surface area contributed by atoms with Gasteiger partial charge in [0.1, 0.15) is 12.1 Å². The number of hydrogen-bond acceptors (Lipinski definition) is 4. The minimum Gasteiger partial charge on any atom is -0.437 e. The molecular weight excluding hydrogens is 306 g/mol. The topological polar surface area (TPSA) is 61.0 Å². The largest absolute Gasteiger partial charge is 0.437 e. The van der Waals surface area contributed by atoms with Gasteiger partial charge >= 0.3 is 0 Å². The molecule has 0 aliphatic heterocycles. The summed E-state index contributed by atoms with van der Waals surface area (Å²) in [6.45, 7) is 0. The van der Waals surface area contributed by atoms with Crippen LogP contribution in [-0.2, 0) is 12.8 Å². The summed E-state index contributed by atoms with van der Waals surface area (Å²) in [4.78, 5) is 8.60. The lowest BCUT2D eigenvalue weighted by Gasteiger charge is -2.17. The number of nitrogen functional groups attached to an aromatic ring is 1. The second-order valence-electron chi connectivity index (χ2n) is 4.60. The van der Waals surface area contributed by atoms with E-state index in [0.717, 1.165) is 35.0 Å². The normalized spacial score (nSPS) is 13.9. The highest BCUT2D eigenvalue weighted by molar-refractivity contribution is 9.10. The van der Waals surface area contributed by atoms with Gasteiger partial charge in [0.15, 0.2) is 0 Å². The first-order valence-electron chi connectivity index (χ1n) is 6.29. The molecule has 1 aliphatic carbocycles. The van der Waals surface area contributed by atoms with Gasteiger partial charge in [0.2, 0.25) is 5.88 Å². The van der Waals surface area contributed by atoms with E-state index in [1.807, 2.05) is 12.1 Å². The fourth-order valence-corrected chi connectivity index (χ4v) is 2.61. The van der Waals surface area contributed by atoms with Crippen LogP contribution in [0.5, 0.6) is 11.6 Å². The van der Waals surface area contributed by atoms with Crippen LogP contribution < -0.4 is 10.5 Å². The van der Waals surface area contributed by atoms with Crippen LogP contribution in [0.3, 0.4) is 0 Å². The van der Waals surface area contributed by atoms with Crippen molar-refractivity contribution in [1.29, 1.82) is 0 Å². The summed E-state index contributed by atoms with van der Waals surface area (Å²) in [5.74, 6) is 1.34. The summed E-state index contributed by atoms with van der Waals surface area (Å²) in [7, 11) is 0. The first-order valence-corrected chi connectivity index (χ1v) is 7.09. The molecule has 0 amide bonds. The third kappa shape index (κ3) is 2.56. The van der Waals surface area contributed by atoms with E-state index in [4.69, 9.17) is 10.5 Å². The fraction of sp³-hybridized carbons (Fsp3) is 0.286. The molecule has 0 fully saturated rings. The maximum atomic E-state index is 5.91. The van der Waals surface area contributed by atoms with E-state index in [2.05, 4.69) is 25.9 Å². The van der Waals surface area contributed by atoms with Crippen LogP contribution in [0, 0.1) is 0 Å². The third-order valence-electron chi connectivity index (χ3n) is 3.25. The molecule has 98 valence electrons. The van der Waals surface area contributed by atoms with Crippen molar-refractivity contribution in [2.45, 2.75) is 25.7 Å². The molecule has 0 saturated carbocycles. The number of nitrogens with zero attached hydrogens (tertiary/aromatic N) is 2. The van der Waals surface area contributed by atoms with Crippen molar-refractivity contribution in [3.05, 3.63) is 40.3 Å². The molecule has 0 unspecified atom stereocenters. The summed E-state index contributed by atoms with van der Waals surface area (Å²) in [6, 6.07) is 5.49. The number of ether oxygens (including phenoxy) is 1. The standard InChI is InChI=1S/C14H14BrN3O/c15-11-6-5-9(16)7-13(11)19-14-10-3-1-2-4-12(10)17-8-18-14/h5-8H,1-4,16H2. The van der Waals surface area contributed by atoms with Crippen LogP contribution in [0.1, 0.15) is 24.1 Å². The van der Waals surface area contributed by atoms with Crippen molar-refractivity contribution in [2.24, 2.45) is 0 Å². The predicted octanol–water partition coefficient (Wildman–Crippen LogP) is 3.49. The molecule has 2 N–H and O–H groups in total. The monoisotopic (exact) mass is 319 g/mol. The Balaban J connectivity index is 1.97. The summed E-state index contributed by atoms with van der Waals surface area (Å²) >= 11 is 3.46. The van der Waals surface area contributed by atoms with E-state index in [-0.39, 0.29) is 0 Å². The number of benzene rings is 1. The first-order chi connectivity index (χ1) is 9.24. The number of rotatable bonds is 2. The Morgan fingerprint density at radius 3 is 2.89 bits per heavy atom. The van der Waals surface area contributed by atoms with Gasteiger partial charge in [-0.3, -0.25) is 0 Å². The van der Waals surface area contributed by atoms with Gasteiger partial charge in [-0.15, -0.1) is 0 Å². The summed E-state index contributed by atoms with van der Waals surface area (Å²) in [6.07, 6.45) is 5.90. The number of halogens is 1. The Kier molecular flexibility index (Phi) is 3.38. The van der Waals surface area contributed by atoms with Crippen LogP contribution >= 0.6 is 15.9 Å². The first kappa shape index (κ1) is 12.4. The highest BCUT2D eigenvalue weighted by Gasteiger charge is 2.17. The lowest BCUT2D eigenvalue weighted by Crippen LogP contribution is -2.08. The Bertz CT molecular complexity index is 616. The predicted molar refractivity (Wildman–Crippen MR) is 77.3 cm³/mol. The fourth-order valence-electron chi connectivity index (χ4n) is 2.28. The number of nitrogens with two attached hydrogens (primary N) is 1. The SMILES string of the molecule is Nc1ccc(Br)c(Oc2ncnc3c2CCCC3)c1. The zero-order valence-corrected chi connectivity index (χ0v) is 12.0. The molecule has 0 bridgehead atoms. The quantitative estimate of drug-likeness (QED) is 0.861. The smallest absolute Gasteiger partial charge is 0.225 e. The lowest BCUT2D eigenvalue weighted by molar-refractivity contribution is 0.444. The van der Waals surface area contributed by atoms with Crippen molar-refractivity contribution in [3.8, 4) is 11.6 Å². The molecule has 4 nitrogen and oxygen atoms in total. The molecule has 19 heavy (non-hydrogen) atoms. The van der Waals surface area contributed by atoms with Gasteiger partial charge in [0, 0.05) is 17.3 Å². The number of hydrogen-bond donors (Lipinski definition) is 1. The average molecular weight is 320 g/mol. The zero-order chi connectivity index (χ0) is 13.2. The highest BCUT2D eigenvalue weighted by Crippen LogP contribution is 2.34. The van der Waals surface area contributed by atoms with Crippen molar-refractivity contribution in [1.82, 2.24) is 9.97 Å². The molecule has 3 rings (SSSR count). The molecule has 0 saturated heterocycles. The van der Waals surface area contributed by atoms with Gasteiger partial charge in [-0.25, -0.2) is 9.97 Å². The molecule has 2 aromatic rings. The van der Waals surface area contributed by atoms with Crippen molar-refractivity contribution < 1.29 is 4.74 Å². The van der Waals surface area contributed by atoms with Gasteiger partial charge < -0.3 is 10.5 Å². The van der Waals surface area contributed by atoms with E-state index in [1.165, 1.54) is 6.42 Å². The Labute approximate surface area is 120 Å². The van der Waals surface area contributed by atoms with Gasteiger partial charge in [-0.05, 0) is 53.7 Å². The van der Waals surface area contributed by atoms with Crippen LogP contribution in [-0.4, -0.2) is 9.97 Å². The molecule has 1 aromatic carbocycles.